The number of hydrogen-bond donors (Lipinski definition) is 1. The highest BCUT2D eigenvalue weighted by Gasteiger charge is 2.45. The van der Waals surface area contributed by atoms with Crippen LogP contribution >= 0.6 is 0 Å². The number of pyridine rings is 1. The Bertz CT molecular complexity index is 759. The molecule has 28 heavy (non-hydrogen) atoms. The van der Waals surface area contributed by atoms with Crippen molar-refractivity contribution in [3.05, 3.63) is 30.1 Å². The van der Waals surface area contributed by atoms with Crippen molar-refractivity contribution in [3.63, 3.8) is 0 Å². The lowest BCUT2D eigenvalue weighted by molar-refractivity contribution is -0.192. The molecule has 1 aromatic heterocycles. The van der Waals surface area contributed by atoms with Crippen molar-refractivity contribution in [3.8, 4) is 0 Å². The van der Waals surface area contributed by atoms with Crippen molar-refractivity contribution in [2.45, 2.75) is 43.9 Å². The first-order valence-corrected chi connectivity index (χ1v) is 10.2. The first-order valence-electron chi connectivity index (χ1n) is 8.39. The molecule has 0 amide bonds. The average Bonchev–Trinajstić information content (AvgIpc) is 2.86. The quantitative estimate of drug-likeness (QED) is 0.776. The maximum Gasteiger partial charge on any atom is 0.490 e. The summed E-state index contributed by atoms with van der Waals surface area (Å²) in [5.41, 5.74) is 0.979. The highest BCUT2D eigenvalue weighted by Crippen LogP contribution is 2.33. The number of sulfonamides is 1. The topological polar surface area (TPSA) is 106 Å². The zero-order valence-electron chi connectivity index (χ0n) is 15.0. The number of carboxylic acid groups (broad SMARTS) is 1. The molecule has 1 saturated carbocycles. The number of aromatic nitrogens is 1. The van der Waals surface area contributed by atoms with Crippen molar-refractivity contribution in [1.82, 2.24) is 9.29 Å². The van der Waals surface area contributed by atoms with Gasteiger partial charge in [-0.1, -0.05) is 6.07 Å². The lowest BCUT2D eigenvalue weighted by atomic mass is 10.2. The molecule has 1 aliphatic heterocycles. The Morgan fingerprint density at radius 2 is 2.11 bits per heavy atom. The molecule has 8 nitrogen and oxygen atoms in total. The number of fused-ring (bicyclic) bond motifs is 2. The molecule has 2 bridgehead atoms. The van der Waals surface area contributed by atoms with Crippen LogP contribution in [0.1, 0.15) is 18.4 Å². The largest absolute Gasteiger partial charge is 0.490 e. The van der Waals surface area contributed by atoms with E-state index in [-0.39, 0.29) is 18.2 Å². The van der Waals surface area contributed by atoms with Gasteiger partial charge in [0, 0.05) is 18.9 Å². The van der Waals surface area contributed by atoms with Gasteiger partial charge in [-0.05, 0) is 24.5 Å². The number of alkyl halides is 3. The second kappa shape index (κ2) is 9.16. The Hall–Kier alpha value is -1.76. The van der Waals surface area contributed by atoms with Crippen LogP contribution in [-0.4, -0.2) is 72.6 Å². The Balaban J connectivity index is 0.000000345. The van der Waals surface area contributed by atoms with E-state index in [0.717, 1.165) is 18.4 Å². The second-order valence-corrected chi connectivity index (χ2v) is 8.30. The summed E-state index contributed by atoms with van der Waals surface area (Å²) in [6, 6.07) is 3.68. The molecule has 0 spiro atoms. The Morgan fingerprint density at radius 1 is 1.43 bits per heavy atom. The number of carbonyl (C=O) groups is 1. The van der Waals surface area contributed by atoms with E-state index in [0.29, 0.717) is 19.8 Å². The first-order chi connectivity index (χ1) is 13.0. The van der Waals surface area contributed by atoms with E-state index >= 15 is 0 Å². The van der Waals surface area contributed by atoms with Gasteiger partial charge in [-0.15, -0.1) is 0 Å². The Morgan fingerprint density at radius 3 is 2.64 bits per heavy atom. The van der Waals surface area contributed by atoms with Crippen LogP contribution in [0.4, 0.5) is 13.2 Å². The third kappa shape index (κ3) is 6.12. The summed E-state index contributed by atoms with van der Waals surface area (Å²) in [4.78, 5) is 13.0. The minimum Gasteiger partial charge on any atom is -0.475 e. The maximum atomic E-state index is 12.0. The van der Waals surface area contributed by atoms with E-state index < -0.39 is 22.2 Å². The van der Waals surface area contributed by atoms with E-state index in [2.05, 4.69) is 4.98 Å². The van der Waals surface area contributed by atoms with E-state index in [4.69, 9.17) is 19.4 Å². The summed E-state index contributed by atoms with van der Waals surface area (Å²) in [6.07, 6.45) is 1.05. The van der Waals surface area contributed by atoms with Gasteiger partial charge in [-0.25, -0.2) is 13.2 Å². The molecular weight excluding hydrogens is 405 g/mol. The van der Waals surface area contributed by atoms with Crippen LogP contribution < -0.4 is 0 Å². The lowest BCUT2D eigenvalue weighted by Gasteiger charge is -2.29. The second-order valence-electron chi connectivity index (χ2n) is 6.37. The van der Waals surface area contributed by atoms with Crippen molar-refractivity contribution in [1.29, 1.82) is 0 Å². The number of ether oxygens (including phenoxy) is 2. The van der Waals surface area contributed by atoms with Crippen molar-refractivity contribution in [2.75, 3.05) is 19.4 Å². The van der Waals surface area contributed by atoms with Gasteiger partial charge in [-0.3, -0.25) is 4.98 Å². The molecule has 1 N–H and O–H groups in total. The fourth-order valence-corrected chi connectivity index (χ4v) is 4.29. The normalized spacial score (nSPS) is 25.5. The molecule has 1 aromatic rings. The Kier molecular flexibility index (Phi) is 7.37. The standard InChI is InChI=1S/C14H20N2O4S.C2HF3O2/c1-21(17,18)16-7-8-19-13-5-4-12(16)14(13)20-10-11-3-2-6-15-9-11;3-2(4,5)1(6)7/h2-3,6,9,12-14H,4-5,7-8,10H2,1H3;(H,6,7). The molecule has 12 heteroatoms. The minimum absolute atomic E-state index is 0.0154. The van der Waals surface area contributed by atoms with E-state index in [1.807, 2.05) is 12.1 Å². The maximum absolute atomic E-state index is 12.0. The van der Waals surface area contributed by atoms with Gasteiger partial charge in [0.1, 0.15) is 6.10 Å². The van der Waals surface area contributed by atoms with Crippen molar-refractivity contribution >= 4 is 16.0 Å². The highest BCUT2D eigenvalue weighted by atomic mass is 32.2. The number of rotatable bonds is 4. The van der Waals surface area contributed by atoms with Gasteiger partial charge < -0.3 is 14.6 Å². The first kappa shape index (κ1) is 22.5. The molecule has 0 aromatic carbocycles. The number of carboxylic acids is 1. The number of hydrogen-bond acceptors (Lipinski definition) is 6. The summed E-state index contributed by atoms with van der Waals surface area (Å²) in [6.45, 7) is 1.26. The highest BCUT2D eigenvalue weighted by molar-refractivity contribution is 7.88. The third-order valence-corrected chi connectivity index (χ3v) is 5.65. The van der Waals surface area contributed by atoms with E-state index in [1.54, 1.807) is 12.4 Å². The number of aliphatic carboxylic acids is 1. The predicted octanol–water partition coefficient (Wildman–Crippen LogP) is 1.42. The minimum atomic E-state index is -5.08. The number of halogens is 3. The third-order valence-electron chi connectivity index (χ3n) is 4.34. The molecule has 3 rings (SSSR count). The summed E-state index contributed by atoms with van der Waals surface area (Å²) < 4.78 is 68.9. The smallest absolute Gasteiger partial charge is 0.475 e. The summed E-state index contributed by atoms with van der Waals surface area (Å²) in [5.74, 6) is -2.76. The molecule has 2 heterocycles. The van der Waals surface area contributed by atoms with Crippen LogP contribution in [0.2, 0.25) is 0 Å². The van der Waals surface area contributed by atoms with Crippen LogP contribution in [0.15, 0.2) is 24.5 Å². The fraction of sp³-hybridized carbons (Fsp3) is 0.625. The van der Waals surface area contributed by atoms with Crippen molar-refractivity contribution in [2.24, 2.45) is 0 Å². The van der Waals surface area contributed by atoms with Gasteiger partial charge in [-0.2, -0.15) is 17.5 Å². The zero-order valence-corrected chi connectivity index (χ0v) is 15.8. The molecular formula is C16H21F3N2O6S. The molecule has 1 saturated heterocycles. The monoisotopic (exact) mass is 426 g/mol. The Labute approximate surface area is 160 Å². The van der Waals surface area contributed by atoms with Crippen LogP contribution in [0.3, 0.4) is 0 Å². The van der Waals surface area contributed by atoms with Gasteiger partial charge in [0.05, 0.1) is 31.6 Å². The van der Waals surface area contributed by atoms with Crippen LogP contribution in [-0.2, 0) is 30.9 Å². The summed E-state index contributed by atoms with van der Waals surface area (Å²) in [7, 11) is -3.24. The molecule has 1 aliphatic carbocycles. The summed E-state index contributed by atoms with van der Waals surface area (Å²) >= 11 is 0. The van der Waals surface area contributed by atoms with Gasteiger partial charge in [0.15, 0.2) is 0 Å². The summed E-state index contributed by atoms with van der Waals surface area (Å²) in [5, 5.41) is 7.12. The molecule has 3 atom stereocenters. The van der Waals surface area contributed by atoms with Gasteiger partial charge in [0.25, 0.3) is 0 Å². The van der Waals surface area contributed by atoms with Gasteiger partial charge >= 0.3 is 12.1 Å². The predicted molar refractivity (Wildman–Crippen MR) is 90.8 cm³/mol. The van der Waals surface area contributed by atoms with E-state index in [9.17, 15) is 21.6 Å². The lowest BCUT2D eigenvalue weighted by Crippen LogP contribution is -2.45. The van der Waals surface area contributed by atoms with Crippen LogP contribution in [0.25, 0.3) is 0 Å². The van der Waals surface area contributed by atoms with Crippen molar-refractivity contribution < 1.29 is 41.0 Å². The van der Waals surface area contributed by atoms with Crippen LogP contribution in [0, 0.1) is 0 Å². The van der Waals surface area contributed by atoms with Crippen LogP contribution in [0.5, 0.6) is 0 Å². The number of nitrogens with zero attached hydrogens (tertiary/aromatic N) is 2. The fourth-order valence-electron chi connectivity index (χ4n) is 3.16. The molecule has 2 aliphatic rings. The van der Waals surface area contributed by atoms with E-state index in [1.165, 1.54) is 10.6 Å². The molecule has 0 radical (unpaired) electrons. The molecule has 158 valence electrons. The molecule has 2 fully saturated rings. The zero-order chi connectivity index (χ0) is 20.9. The average molecular weight is 426 g/mol. The molecule has 3 unspecified atom stereocenters. The SMILES string of the molecule is CS(=O)(=O)N1CCOC2CCC1C2OCc1cccnc1.O=C(O)C(F)(F)F. The van der Waals surface area contributed by atoms with Gasteiger partial charge in [0.2, 0.25) is 10.0 Å².